The highest BCUT2D eigenvalue weighted by atomic mass is 16.2. The van der Waals surface area contributed by atoms with Crippen molar-refractivity contribution in [2.24, 2.45) is 11.7 Å². The lowest BCUT2D eigenvalue weighted by molar-refractivity contribution is -0.128. The van der Waals surface area contributed by atoms with E-state index in [1.807, 2.05) is 0 Å². The molecule has 0 aromatic carbocycles. The quantitative estimate of drug-likeness (QED) is 0.595. The number of carbonyl (C=O) groups is 1. The van der Waals surface area contributed by atoms with Gasteiger partial charge in [0.1, 0.15) is 0 Å². The maximum absolute atomic E-state index is 12.2. The summed E-state index contributed by atoms with van der Waals surface area (Å²) in [5, 5.41) is 3.06. The summed E-state index contributed by atoms with van der Waals surface area (Å²) < 4.78 is 0. The molecule has 0 aromatic rings. The van der Waals surface area contributed by atoms with Crippen molar-refractivity contribution in [1.82, 2.24) is 5.32 Å². The van der Waals surface area contributed by atoms with Gasteiger partial charge in [0, 0.05) is 6.54 Å². The molecule has 0 aliphatic heterocycles. The lowest BCUT2D eigenvalue weighted by Crippen LogP contribution is -2.56. The SMILES string of the molecule is CCCCCCCCCCNC(=O)C1(N)CCCC(C)C1. The van der Waals surface area contributed by atoms with Gasteiger partial charge in [0.15, 0.2) is 0 Å². The Morgan fingerprint density at radius 3 is 2.38 bits per heavy atom. The minimum atomic E-state index is -0.599. The minimum absolute atomic E-state index is 0.0806. The molecule has 1 fully saturated rings. The van der Waals surface area contributed by atoms with Gasteiger partial charge in [-0.1, -0.05) is 71.6 Å². The molecule has 0 aromatic heterocycles. The predicted octanol–water partition coefficient (Wildman–Crippen LogP) is 4.15. The first-order chi connectivity index (χ1) is 10.1. The number of rotatable bonds is 10. The van der Waals surface area contributed by atoms with Crippen LogP contribution in [0.2, 0.25) is 0 Å². The molecule has 3 heteroatoms. The molecule has 0 spiro atoms. The molecule has 3 N–H and O–H groups in total. The van der Waals surface area contributed by atoms with E-state index in [0.717, 1.165) is 32.2 Å². The van der Waals surface area contributed by atoms with Gasteiger partial charge in [0.2, 0.25) is 5.91 Å². The first kappa shape index (κ1) is 18.5. The van der Waals surface area contributed by atoms with Crippen molar-refractivity contribution in [3.63, 3.8) is 0 Å². The zero-order chi connectivity index (χ0) is 15.6. The molecule has 3 nitrogen and oxygen atoms in total. The fourth-order valence-electron chi connectivity index (χ4n) is 3.43. The van der Waals surface area contributed by atoms with E-state index in [-0.39, 0.29) is 5.91 Å². The van der Waals surface area contributed by atoms with Gasteiger partial charge in [0.05, 0.1) is 5.54 Å². The molecule has 0 bridgehead atoms. The van der Waals surface area contributed by atoms with Gasteiger partial charge in [-0.15, -0.1) is 0 Å². The minimum Gasteiger partial charge on any atom is -0.355 e. The molecule has 1 aliphatic carbocycles. The molecular weight excluding hydrogens is 260 g/mol. The Hall–Kier alpha value is -0.570. The summed E-state index contributed by atoms with van der Waals surface area (Å²) in [6, 6.07) is 0. The third-order valence-corrected chi connectivity index (χ3v) is 4.80. The molecule has 2 unspecified atom stereocenters. The van der Waals surface area contributed by atoms with Gasteiger partial charge in [-0.05, 0) is 25.2 Å². The molecule has 21 heavy (non-hydrogen) atoms. The summed E-state index contributed by atoms with van der Waals surface area (Å²) in [5.74, 6) is 0.662. The normalized spacial score (nSPS) is 25.8. The van der Waals surface area contributed by atoms with Crippen molar-refractivity contribution in [2.75, 3.05) is 6.54 Å². The van der Waals surface area contributed by atoms with Gasteiger partial charge in [-0.2, -0.15) is 0 Å². The number of carbonyl (C=O) groups excluding carboxylic acids is 1. The molecule has 1 amide bonds. The first-order valence-corrected chi connectivity index (χ1v) is 9.15. The molecule has 124 valence electrons. The van der Waals surface area contributed by atoms with Crippen LogP contribution >= 0.6 is 0 Å². The average Bonchev–Trinajstić information content (AvgIpc) is 2.45. The Bertz CT molecular complexity index is 293. The van der Waals surface area contributed by atoms with Crippen molar-refractivity contribution < 1.29 is 4.79 Å². The maximum Gasteiger partial charge on any atom is 0.240 e. The Morgan fingerprint density at radius 1 is 1.14 bits per heavy atom. The Balaban J connectivity index is 2.03. The lowest BCUT2D eigenvalue weighted by atomic mass is 9.76. The van der Waals surface area contributed by atoms with E-state index in [0.29, 0.717) is 5.92 Å². The second-order valence-corrected chi connectivity index (χ2v) is 7.09. The highest BCUT2D eigenvalue weighted by Crippen LogP contribution is 2.30. The van der Waals surface area contributed by atoms with E-state index in [2.05, 4.69) is 19.2 Å². The van der Waals surface area contributed by atoms with E-state index in [4.69, 9.17) is 5.73 Å². The van der Waals surface area contributed by atoms with Gasteiger partial charge >= 0.3 is 0 Å². The number of nitrogens with two attached hydrogens (primary N) is 1. The first-order valence-electron chi connectivity index (χ1n) is 9.15. The van der Waals surface area contributed by atoms with Crippen molar-refractivity contribution in [1.29, 1.82) is 0 Å². The number of unbranched alkanes of at least 4 members (excludes halogenated alkanes) is 7. The van der Waals surface area contributed by atoms with E-state index < -0.39 is 5.54 Å². The van der Waals surface area contributed by atoms with Crippen LogP contribution in [0.3, 0.4) is 0 Å². The summed E-state index contributed by atoms with van der Waals surface area (Å²) in [5.41, 5.74) is 5.69. The van der Waals surface area contributed by atoms with Crippen molar-refractivity contribution in [2.45, 2.75) is 96.4 Å². The van der Waals surface area contributed by atoms with Gasteiger partial charge in [-0.25, -0.2) is 0 Å². The largest absolute Gasteiger partial charge is 0.355 e. The molecule has 2 atom stereocenters. The Morgan fingerprint density at radius 2 is 1.76 bits per heavy atom. The third-order valence-electron chi connectivity index (χ3n) is 4.80. The van der Waals surface area contributed by atoms with Crippen molar-refractivity contribution >= 4 is 5.91 Å². The second-order valence-electron chi connectivity index (χ2n) is 7.09. The summed E-state index contributed by atoms with van der Waals surface area (Å²) in [6.45, 7) is 5.24. The lowest BCUT2D eigenvalue weighted by Gasteiger charge is -2.35. The number of hydrogen-bond acceptors (Lipinski definition) is 2. The fourth-order valence-corrected chi connectivity index (χ4v) is 3.43. The van der Waals surface area contributed by atoms with Gasteiger partial charge in [-0.3, -0.25) is 4.79 Å². The molecule has 1 saturated carbocycles. The number of nitrogens with one attached hydrogen (secondary N) is 1. The van der Waals surface area contributed by atoms with E-state index in [9.17, 15) is 4.79 Å². The van der Waals surface area contributed by atoms with Crippen LogP contribution in [0, 0.1) is 5.92 Å². The molecule has 0 radical (unpaired) electrons. The van der Waals surface area contributed by atoms with Crippen LogP contribution in [0.5, 0.6) is 0 Å². The van der Waals surface area contributed by atoms with Gasteiger partial charge < -0.3 is 11.1 Å². The summed E-state index contributed by atoms with van der Waals surface area (Å²) in [6.07, 6.45) is 14.4. The molecule has 0 saturated heterocycles. The number of amides is 1. The smallest absolute Gasteiger partial charge is 0.240 e. The standard InChI is InChI=1S/C18H36N2O/c1-3-4-5-6-7-8-9-10-14-20-17(21)18(19)13-11-12-16(2)15-18/h16H,3-15,19H2,1-2H3,(H,20,21). The summed E-state index contributed by atoms with van der Waals surface area (Å²) >= 11 is 0. The molecular formula is C18H36N2O. The van der Waals surface area contributed by atoms with Crippen LogP contribution < -0.4 is 11.1 Å². The number of hydrogen-bond donors (Lipinski definition) is 2. The Kier molecular flexibility index (Phi) is 8.98. The molecule has 0 heterocycles. The van der Waals surface area contributed by atoms with Crippen LogP contribution in [0.15, 0.2) is 0 Å². The topological polar surface area (TPSA) is 55.1 Å². The van der Waals surface area contributed by atoms with Gasteiger partial charge in [0.25, 0.3) is 0 Å². The predicted molar refractivity (Wildman–Crippen MR) is 90.2 cm³/mol. The Labute approximate surface area is 131 Å². The average molecular weight is 296 g/mol. The third kappa shape index (κ3) is 7.30. The zero-order valence-corrected chi connectivity index (χ0v) is 14.3. The molecule has 1 aliphatic rings. The maximum atomic E-state index is 12.2. The van der Waals surface area contributed by atoms with Crippen molar-refractivity contribution in [3.05, 3.63) is 0 Å². The van der Waals surface area contributed by atoms with Crippen LogP contribution in [0.4, 0.5) is 0 Å². The summed E-state index contributed by atoms with van der Waals surface area (Å²) in [4.78, 5) is 12.2. The van der Waals surface area contributed by atoms with Crippen LogP contribution in [-0.2, 0) is 4.79 Å². The van der Waals surface area contributed by atoms with E-state index >= 15 is 0 Å². The second kappa shape index (κ2) is 10.2. The monoisotopic (exact) mass is 296 g/mol. The molecule has 1 rings (SSSR count). The summed E-state index contributed by atoms with van der Waals surface area (Å²) in [7, 11) is 0. The highest BCUT2D eigenvalue weighted by molar-refractivity contribution is 5.86. The van der Waals surface area contributed by atoms with Crippen molar-refractivity contribution in [3.8, 4) is 0 Å². The fraction of sp³-hybridized carbons (Fsp3) is 0.944. The zero-order valence-electron chi connectivity index (χ0n) is 14.3. The van der Waals surface area contributed by atoms with E-state index in [1.54, 1.807) is 0 Å². The van der Waals surface area contributed by atoms with Crippen LogP contribution in [-0.4, -0.2) is 18.0 Å². The highest BCUT2D eigenvalue weighted by Gasteiger charge is 2.37. The van der Waals surface area contributed by atoms with E-state index in [1.165, 1.54) is 51.4 Å². The van der Waals surface area contributed by atoms with Crippen LogP contribution in [0.25, 0.3) is 0 Å². The van der Waals surface area contributed by atoms with Crippen LogP contribution in [0.1, 0.15) is 90.9 Å².